The largest absolute Gasteiger partial charge is 0.496 e. The summed E-state index contributed by atoms with van der Waals surface area (Å²) in [7, 11) is 1.35. The van der Waals surface area contributed by atoms with Crippen molar-refractivity contribution in [1.82, 2.24) is 0 Å². The Morgan fingerprint density at radius 3 is 2.52 bits per heavy atom. The predicted molar refractivity (Wildman–Crippen MR) is 98.6 cm³/mol. The molecule has 0 spiro atoms. The second-order valence-corrected chi connectivity index (χ2v) is 7.01. The molecule has 5 nitrogen and oxygen atoms in total. The van der Waals surface area contributed by atoms with Crippen LogP contribution in [-0.4, -0.2) is 18.8 Å². The van der Waals surface area contributed by atoms with Gasteiger partial charge in [0.25, 0.3) is 0 Å². The molecule has 0 heterocycles. The van der Waals surface area contributed by atoms with Gasteiger partial charge in [0.2, 0.25) is 0 Å². The molecule has 0 saturated heterocycles. The SMILES string of the molecule is COc1ccc(F)c(F)c1COc1ccc(Cl)c(NC(=O)OC(C)(C)C)c1. The zero-order valence-electron chi connectivity index (χ0n) is 15.4. The van der Waals surface area contributed by atoms with E-state index in [1.165, 1.54) is 31.4 Å². The lowest BCUT2D eigenvalue weighted by Gasteiger charge is -2.20. The van der Waals surface area contributed by atoms with Gasteiger partial charge in [-0.05, 0) is 45.0 Å². The fourth-order valence-corrected chi connectivity index (χ4v) is 2.32. The van der Waals surface area contributed by atoms with Gasteiger partial charge in [0, 0.05) is 6.07 Å². The second-order valence-electron chi connectivity index (χ2n) is 6.60. The van der Waals surface area contributed by atoms with E-state index < -0.39 is 23.3 Å². The number of benzene rings is 2. The van der Waals surface area contributed by atoms with E-state index in [1.807, 2.05) is 0 Å². The van der Waals surface area contributed by atoms with Crippen LogP contribution in [0.4, 0.5) is 19.3 Å². The Bertz CT molecular complexity index is 837. The average molecular weight is 400 g/mol. The molecule has 0 atom stereocenters. The van der Waals surface area contributed by atoms with Crippen molar-refractivity contribution >= 4 is 23.4 Å². The average Bonchev–Trinajstić information content (AvgIpc) is 2.57. The number of amides is 1. The lowest BCUT2D eigenvalue weighted by atomic mass is 10.2. The Balaban J connectivity index is 2.15. The lowest BCUT2D eigenvalue weighted by Crippen LogP contribution is -2.27. The summed E-state index contributed by atoms with van der Waals surface area (Å²) in [5.74, 6) is -1.60. The van der Waals surface area contributed by atoms with Gasteiger partial charge < -0.3 is 14.2 Å². The molecule has 2 aromatic rings. The van der Waals surface area contributed by atoms with Crippen molar-refractivity contribution in [2.45, 2.75) is 33.0 Å². The van der Waals surface area contributed by atoms with E-state index in [-0.39, 0.29) is 34.4 Å². The van der Waals surface area contributed by atoms with E-state index in [4.69, 9.17) is 25.8 Å². The van der Waals surface area contributed by atoms with Crippen LogP contribution in [-0.2, 0) is 11.3 Å². The topological polar surface area (TPSA) is 56.8 Å². The molecule has 8 heteroatoms. The lowest BCUT2D eigenvalue weighted by molar-refractivity contribution is 0.0636. The maximum Gasteiger partial charge on any atom is 0.412 e. The van der Waals surface area contributed by atoms with Crippen molar-refractivity contribution in [2.75, 3.05) is 12.4 Å². The van der Waals surface area contributed by atoms with E-state index in [0.29, 0.717) is 0 Å². The molecule has 0 aromatic heterocycles. The van der Waals surface area contributed by atoms with Crippen LogP contribution < -0.4 is 14.8 Å². The molecule has 1 amide bonds. The van der Waals surface area contributed by atoms with Gasteiger partial charge in [-0.2, -0.15) is 0 Å². The van der Waals surface area contributed by atoms with Crippen LogP contribution >= 0.6 is 11.6 Å². The normalized spacial score (nSPS) is 11.1. The number of methoxy groups -OCH3 is 1. The number of hydrogen-bond acceptors (Lipinski definition) is 4. The highest BCUT2D eigenvalue weighted by Gasteiger charge is 2.18. The summed E-state index contributed by atoms with van der Waals surface area (Å²) in [6.07, 6.45) is -0.681. The molecule has 0 saturated carbocycles. The van der Waals surface area contributed by atoms with Crippen molar-refractivity contribution < 1.29 is 27.8 Å². The third kappa shape index (κ3) is 5.72. The zero-order valence-corrected chi connectivity index (χ0v) is 16.1. The molecule has 0 radical (unpaired) electrons. The Labute approximate surface area is 161 Å². The summed E-state index contributed by atoms with van der Waals surface area (Å²) in [6, 6.07) is 6.78. The first kappa shape index (κ1) is 20.8. The van der Waals surface area contributed by atoms with Gasteiger partial charge >= 0.3 is 6.09 Å². The van der Waals surface area contributed by atoms with Crippen LogP contribution in [0.15, 0.2) is 30.3 Å². The zero-order chi connectivity index (χ0) is 20.2. The molecule has 1 N–H and O–H groups in total. The Morgan fingerprint density at radius 2 is 1.89 bits per heavy atom. The van der Waals surface area contributed by atoms with E-state index in [9.17, 15) is 13.6 Å². The number of anilines is 1. The molecule has 0 fully saturated rings. The van der Waals surface area contributed by atoms with Crippen LogP contribution in [0.2, 0.25) is 5.02 Å². The Hall–Kier alpha value is -2.54. The van der Waals surface area contributed by atoms with Crippen molar-refractivity contribution in [3.05, 3.63) is 52.6 Å². The molecular weight excluding hydrogens is 380 g/mol. The molecule has 2 rings (SSSR count). The van der Waals surface area contributed by atoms with Gasteiger partial charge in [-0.25, -0.2) is 13.6 Å². The smallest absolute Gasteiger partial charge is 0.412 e. The summed E-state index contributed by atoms with van der Waals surface area (Å²) >= 11 is 6.07. The molecule has 0 unspecified atom stereocenters. The number of hydrogen-bond donors (Lipinski definition) is 1. The molecular formula is C19H20ClF2NO4. The first-order valence-corrected chi connectivity index (χ1v) is 8.41. The summed E-state index contributed by atoms with van der Waals surface area (Å²) in [4.78, 5) is 11.9. The van der Waals surface area contributed by atoms with Gasteiger partial charge in [-0.3, -0.25) is 5.32 Å². The number of carbonyl (C=O) groups is 1. The molecule has 146 valence electrons. The molecule has 0 bridgehead atoms. The highest BCUT2D eigenvalue weighted by molar-refractivity contribution is 6.33. The van der Waals surface area contributed by atoms with Crippen molar-refractivity contribution in [2.24, 2.45) is 0 Å². The number of carbonyl (C=O) groups excluding carboxylic acids is 1. The maximum atomic E-state index is 14.0. The monoisotopic (exact) mass is 399 g/mol. The first-order chi connectivity index (χ1) is 12.6. The molecule has 27 heavy (non-hydrogen) atoms. The van der Waals surface area contributed by atoms with Crippen molar-refractivity contribution in [1.29, 1.82) is 0 Å². The van der Waals surface area contributed by atoms with Gasteiger partial charge in [0.05, 0.1) is 23.4 Å². The number of ether oxygens (including phenoxy) is 3. The molecule has 0 aliphatic rings. The van der Waals surface area contributed by atoms with Gasteiger partial charge in [0.1, 0.15) is 23.7 Å². The quantitative estimate of drug-likeness (QED) is 0.715. The van der Waals surface area contributed by atoms with Gasteiger partial charge in [0.15, 0.2) is 11.6 Å². The van der Waals surface area contributed by atoms with E-state index in [1.54, 1.807) is 20.8 Å². The Kier molecular flexibility index (Phi) is 6.49. The van der Waals surface area contributed by atoms with Crippen LogP contribution in [0.5, 0.6) is 11.5 Å². The Morgan fingerprint density at radius 1 is 1.19 bits per heavy atom. The molecule has 0 aliphatic carbocycles. The van der Waals surface area contributed by atoms with E-state index >= 15 is 0 Å². The maximum absolute atomic E-state index is 14.0. The summed E-state index contributed by atoms with van der Waals surface area (Å²) in [6.45, 7) is 4.91. The predicted octanol–water partition coefficient (Wildman–Crippen LogP) is 5.55. The number of nitrogens with one attached hydrogen (secondary N) is 1. The first-order valence-electron chi connectivity index (χ1n) is 8.04. The van der Waals surface area contributed by atoms with Crippen LogP contribution in [0.1, 0.15) is 26.3 Å². The minimum absolute atomic E-state index is 0.0610. The second kappa shape index (κ2) is 8.43. The van der Waals surface area contributed by atoms with Crippen molar-refractivity contribution in [3.63, 3.8) is 0 Å². The fourth-order valence-electron chi connectivity index (χ4n) is 2.16. The third-order valence-corrected chi connectivity index (χ3v) is 3.66. The fraction of sp³-hybridized carbons (Fsp3) is 0.316. The minimum Gasteiger partial charge on any atom is -0.496 e. The summed E-state index contributed by atoms with van der Waals surface area (Å²) in [5.41, 5.74) is -0.472. The van der Waals surface area contributed by atoms with Crippen molar-refractivity contribution in [3.8, 4) is 11.5 Å². The van der Waals surface area contributed by atoms with Crippen LogP contribution in [0.3, 0.4) is 0 Å². The van der Waals surface area contributed by atoms with Gasteiger partial charge in [-0.1, -0.05) is 11.6 Å². The van der Waals surface area contributed by atoms with E-state index in [2.05, 4.69) is 5.32 Å². The summed E-state index contributed by atoms with van der Waals surface area (Å²) < 4.78 is 43.2. The van der Waals surface area contributed by atoms with Crippen LogP contribution in [0.25, 0.3) is 0 Å². The van der Waals surface area contributed by atoms with Gasteiger partial charge in [-0.15, -0.1) is 0 Å². The molecule has 2 aromatic carbocycles. The number of halogens is 3. The highest BCUT2D eigenvalue weighted by Crippen LogP contribution is 2.30. The third-order valence-electron chi connectivity index (χ3n) is 3.33. The molecule has 0 aliphatic heterocycles. The standard InChI is InChI=1S/C19H20ClF2NO4/c1-19(2,3)27-18(24)23-15-9-11(5-6-13(15)20)26-10-12-16(25-4)8-7-14(21)17(12)22/h5-9H,10H2,1-4H3,(H,23,24). The summed E-state index contributed by atoms with van der Waals surface area (Å²) in [5, 5.41) is 2.78. The van der Waals surface area contributed by atoms with Crippen LogP contribution in [0, 0.1) is 11.6 Å². The number of rotatable bonds is 5. The van der Waals surface area contributed by atoms with E-state index in [0.717, 1.165) is 6.07 Å². The minimum atomic E-state index is -1.05. The highest BCUT2D eigenvalue weighted by atomic mass is 35.5.